The largest absolute Gasteiger partial charge is 0.326 e. The SMILES string of the molecule is O=C(Cc1c(F)c(F)c(F)c(F)c1F)Nc1ccc(-c2nccs2)cc1. The monoisotopic (exact) mass is 384 g/mol. The average Bonchev–Trinajstić information content (AvgIpc) is 3.17. The van der Waals surface area contributed by atoms with E-state index in [1.165, 1.54) is 23.5 Å². The number of aromatic nitrogens is 1. The third kappa shape index (κ3) is 3.43. The summed E-state index contributed by atoms with van der Waals surface area (Å²) in [4.78, 5) is 16.0. The highest BCUT2D eigenvalue weighted by atomic mass is 32.1. The second kappa shape index (κ2) is 7.20. The first-order chi connectivity index (χ1) is 12.4. The van der Waals surface area contributed by atoms with Gasteiger partial charge in [-0.05, 0) is 24.3 Å². The number of amides is 1. The van der Waals surface area contributed by atoms with Crippen molar-refractivity contribution in [1.29, 1.82) is 0 Å². The lowest BCUT2D eigenvalue weighted by atomic mass is 10.1. The first-order valence-electron chi connectivity index (χ1n) is 7.18. The Morgan fingerprint density at radius 3 is 2.04 bits per heavy atom. The van der Waals surface area contributed by atoms with Crippen LogP contribution in [0.25, 0.3) is 10.6 Å². The van der Waals surface area contributed by atoms with Crippen molar-refractivity contribution in [3.63, 3.8) is 0 Å². The van der Waals surface area contributed by atoms with Gasteiger partial charge in [0.1, 0.15) is 5.01 Å². The van der Waals surface area contributed by atoms with Crippen LogP contribution in [0.4, 0.5) is 27.6 Å². The second-order valence-electron chi connectivity index (χ2n) is 5.19. The molecule has 0 bridgehead atoms. The number of carbonyl (C=O) groups is 1. The smallest absolute Gasteiger partial charge is 0.229 e. The lowest BCUT2D eigenvalue weighted by Crippen LogP contribution is -2.18. The molecular formula is C17H9F5N2OS. The summed E-state index contributed by atoms with van der Waals surface area (Å²) in [5, 5.41) is 4.91. The summed E-state index contributed by atoms with van der Waals surface area (Å²) in [6, 6.07) is 6.42. The molecule has 0 saturated heterocycles. The second-order valence-corrected chi connectivity index (χ2v) is 6.08. The molecule has 0 aliphatic heterocycles. The van der Waals surface area contributed by atoms with Gasteiger partial charge in [-0.25, -0.2) is 26.9 Å². The Kier molecular flexibility index (Phi) is 4.99. The maximum Gasteiger partial charge on any atom is 0.229 e. The first kappa shape index (κ1) is 18.0. The lowest BCUT2D eigenvalue weighted by molar-refractivity contribution is -0.115. The fourth-order valence-electron chi connectivity index (χ4n) is 2.23. The van der Waals surface area contributed by atoms with E-state index in [2.05, 4.69) is 10.3 Å². The van der Waals surface area contributed by atoms with E-state index in [1.807, 2.05) is 0 Å². The summed E-state index contributed by atoms with van der Waals surface area (Å²) < 4.78 is 66.5. The predicted octanol–water partition coefficient (Wildman–Crippen LogP) is 4.69. The third-order valence-electron chi connectivity index (χ3n) is 3.49. The summed E-state index contributed by atoms with van der Waals surface area (Å²) in [6.45, 7) is 0. The van der Waals surface area contributed by atoms with Crippen LogP contribution >= 0.6 is 11.3 Å². The number of nitrogens with one attached hydrogen (secondary N) is 1. The maximum atomic E-state index is 13.6. The zero-order chi connectivity index (χ0) is 18.8. The normalized spacial score (nSPS) is 10.8. The molecule has 1 amide bonds. The molecule has 26 heavy (non-hydrogen) atoms. The van der Waals surface area contributed by atoms with Crippen molar-refractivity contribution in [2.45, 2.75) is 6.42 Å². The molecule has 0 atom stereocenters. The molecule has 9 heteroatoms. The summed E-state index contributed by atoms with van der Waals surface area (Å²) in [5.74, 6) is -11.4. The van der Waals surface area contributed by atoms with E-state index in [4.69, 9.17) is 0 Å². The Labute approximate surface area is 148 Å². The first-order valence-corrected chi connectivity index (χ1v) is 8.06. The zero-order valence-corrected chi connectivity index (χ0v) is 13.6. The molecule has 0 spiro atoms. The molecule has 3 rings (SSSR count). The van der Waals surface area contributed by atoms with E-state index < -0.39 is 47.0 Å². The van der Waals surface area contributed by atoms with Crippen LogP contribution in [0, 0.1) is 29.1 Å². The average molecular weight is 384 g/mol. The molecule has 3 aromatic rings. The van der Waals surface area contributed by atoms with Gasteiger partial charge in [0.2, 0.25) is 11.7 Å². The van der Waals surface area contributed by atoms with Gasteiger partial charge in [-0.3, -0.25) is 4.79 Å². The van der Waals surface area contributed by atoms with E-state index in [9.17, 15) is 26.7 Å². The number of benzene rings is 2. The molecule has 0 saturated carbocycles. The number of hydrogen-bond acceptors (Lipinski definition) is 3. The van der Waals surface area contributed by atoms with Gasteiger partial charge in [-0.2, -0.15) is 0 Å². The van der Waals surface area contributed by atoms with Gasteiger partial charge in [0.25, 0.3) is 0 Å². The molecule has 1 heterocycles. The zero-order valence-electron chi connectivity index (χ0n) is 12.8. The minimum Gasteiger partial charge on any atom is -0.326 e. The fraction of sp³-hybridized carbons (Fsp3) is 0.0588. The van der Waals surface area contributed by atoms with Crippen molar-refractivity contribution in [3.8, 4) is 10.6 Å². The summed E-state index contributed by atoms with van der Waals surface area (Å²) in [5.41, 5.74) is -0.0738. The quantitative estimate of drug-likeness (QED) is 0.403. The number of halogens is 5. The Morgan fingerprint density at radius 1 is 0.923 bits per heavy atom. The van der Waals surface area contributed by atoms with Crippen LogP contribution in [0.3, 0.4) is 0 Å². The molecule has 0 radical (unpaired) electrons. The number of anilines is 1. The highest BCUT2D eigenvalue weighted by molar-refractivity contribution is 7.13. The molecule has 1 aromatic heterocycles. The number of carbonyl (C=O) groups excluding carboxylic acids is 1. The molecule has 0 aliphatic carbocycles. The predicted molar refractivity (Wildman–Crippen MR) is 86.1 cm³/mol. The van der Waals surface area contributed by atoms with Crippen LogP contribution in [0.15, 0.2) is 35.8 Å². The fourth-order valence-corrected chi connectivity index (χ4v) is 2.88. The van der Waals surface area contributed by atoms with Gasteiger partial charge in [-0.15, -0.1) is 11.3 Å². The van der Waals surface area contributed by atoms with Crippen LogP contribution in [-0.2, 0) is 11.2 Å². The van der Waals surface area contributed by atoms with Gasteiger partial charge < -0.3 is 5.32 Å². The van der Waals surface area contributed by atoms with E-state index >= 15 is 0 Å². The standard InChI is InChI=1S/C17H9F5N2OS/c18-12-10(13(19)15(21)16(22)14(12)20)7-11(25)24-9-3-1-8(2-4-9)17-23-5-6-26-17/h1-6H,7H2,(H,24,25). The number of nitrogens with zero attached hydrogens (tertiary/aromatic N) is 1. The van der Waals surface area contributed by atoms with E-state index in [0.717, 1.165) is 10.6 Å². The molecular weight excluding hydrogens is 375 g/mol. The van der Waals surface area contributed by atoms with E-state index in [0.29, 0.717) is 5.69 Å². The van der Waals surface area contributed by atoms with Crippen molar-refractivity contribution in [2.24, 2.45) is 0 Å². The molecule has 0 aliphatic rings. The van der Waals surface area contributed by atoms with E-state index in [1.54, 1.807) is 23.7 Å². The number of thiazole rings is 1. The molecule has 134 valence electrons. The lowest BCUT2D eigenvalue weighted by Gasteiger charge is -2.09. The Hall–Kier alpha value is -2.81. The third-order valence-corrected chi connectivity index (χ3v) is 4.31. The van der Waals surface area contributed by atoms with Crippen molar-refractivity contribution < 1.29 is 26.7 Å². The summed E-state index contributed by atoms with van der Waals surface area (Å²) in [6.07, 6.45) is 0.639. The molecule has 0 fully saturated rings. The van der Waals surface area contributed by atoms with Crippen LogP contribution in [0.2, 0.25) is 0 Å². The van der Waals surface area contributed by atoms with Crippen LogP contribution in [0.1, 0.15) is 5.56 Å². The summed E-state index contributed by atoms with van der Waals surface area (Å²) in [7, 11) is 0. The molecule has 0 unspecified atom stereocenters. The molecule has 1 N–H and O–H groups in total. The van der Waals surface area contributed by atoms with E-state index in [-0.39, 0.29) is 0 Å². The Morgan fingerprint density at radius 2 is 1.50 bits per heavy atom. The van der Waals surface area contributed by atoms with Gasteiger partial charge in [0.05, 0.1) is 6.42 Å². The number of hydrogen-bond donors (Lipinski definition) is 1. The summed E-state index contributed by atoms with van der Waals surface area (Å²) >= 11 is 1.42. The van der Waals surface area contributed by atoms with Crippen LogP contribution < -0.4 is 5.32 Å². The molecule has 2 aromatic carbocycles. The Balaban J connectivity index is 1.76. The van der Waals surface area contributed by atoms with Crippen LogP contribution in [-0.4, -0.2) is 10.9 Å². The van der Waals surface area contributed by atoms with Crippen molar-refractivity contribution in [3.05, 3.63) is 70.5 Å². The van der Waals surface area contributed by atoms with Crippen LogP contribution in [0.5, 0.6) is 0 Å². The van der Waals surface area contributed by atoms with Gasteiger partial charge in [0, 0.05) is 28.4 Å². The minimum atomic E-state index is -2.26. The highest BCUT2D eigenvalue weighted by Gasteiger charge is 2.26. The maximum absolute atomic E-state index is 13.6. The van der Waals surface area contributed by atoms with Gasteiger partial charge >= 0.3 is 0 Å². The highest BCUT2D eigenvalue weighted by Crippen LogP contribution is 2.25. The van der Waals surface area contributed by atoms with Crippen molar-refractivity contribution in [2.75, 3.05) is 5.32 Å². The van der Waals surface area contributed by atoms with Crippen molar-refractivity contribution >= 4 is 22.9 Å². The minimum absolute atomic E-state index is 0.305. The topological polar surface area (TPSA) is 42.0 Å². The van der Waals surface area contributed by atoms with Gasteiger partial charge in [0.15, 0.2) is 23.3 Å². The number of rotatable bonds is 4. The van der Waals surface area contributed by atoms with Gasteiger partial charge in [-0.1, -0.05) is 0 Å². The molecule has 3 nitrogen and oxygen atoms in total. The Bertz CT molecular complexity index is 929. The van der Waals surface area contributed by atoms with Crippen molar-refractivity contribution in [1.82, 2.24) is 4.98 Å².